The SMILES string of the molecule is C[C@H](C(=O)NC1CCCC1)N(Cc1ccc(F)cc1)C(=O)CN(c1ccc(OCc2ccccc2)cc1)S(C)(=O)=O. The van der Waals surface area contributed by atoms with E-state index in [0.29, 0.717) is 17.9 Å². The lowest BCUT2D eigenvalue weighted by molar-refractivity contribution is -0.139. The van der Waals surface area contributed by atoms with E-state index in [-0.39, 0.29) is 24.2 Å². The summed E-state index contributed by atoms with van der Waals surface area (Å²) in [6.45, 7) is 1.48. The number of nitrogens with zero attached hydrogens (tertiary/aromatic N) is 2. The Morgan fingerprint density at radius 1 is 0.951 bits per heavy atom. The molecular formula is C31H36FN3O5S. The zero-order valence-corrected chi connectivity index (χ0v) is 24.1. The number of ether oxygens (including phenoxy) is 1. The third-order valence-electron chi connectivity index (χ3n) is 7.19. The largest absolute Gasteiger partial charge is 0.489 e. The molecule has 0 aromatic heterocycles. The minimum Gasteiger partial charge on any atom is -0.489 e. The lowest BCUT2D eigenvalue weighted by Crippen LogP contribution is -2.52. The van der Waals surface area contributed by atoms with Crippen molar-refractivity contribution in [3.63, 3.8) is 0 Å². The standard InChI is InChI=1S/C31H36FN3O5S/c1-23(31(37)33-27-10-6-7-11-27)34(20-24-12-14-26(32)15-13-24)30(36)21-35(41(2,38)39)28-16-18-29(19-17-28)40-22-25-8-4-3-5-9-25/h3-5,8-9,12-19,23,27H,6-7,10-11,20-22H2,1-2H3,(H,33,37)/t23-/m1/s1. The third-order valence-corrected chi connectivity index (χ3v) is 8.33. The number of hydrogen-bond acceptors (Lipinski definition) is 5. The van der Waals surface area contributed by atoms with E-state index in [9.17, 15) is 22.4 Å². The smallest absolute Gasteiger partial charge is 0.244 e. The maximum atomic E-state index is 13.7. The molecule has 1 aliphatic carbocycles. The number of carbonyl (C=O) groups excluding carboxylic acids is 2. The quantitative estimate of drug-likeness (QED) is 0.336. The van der Waals surface area contributed by atoms with E-state index < -0.39 is 34.3 Å². The Morgan fingerprint density at radius 3 is 2.20 bits per heavy atom. The molecule has 1 fully saturated rings. The summed E-state index contributed by atoms with van der Waals surface area (Å²) in [5.41, 5.74) is 1.90. The van der Waals surface area contributed by atoms with Crippen molar-refractivity contribution in [2.75, 3.05) is 17.1 Å². The summed E-state index contributed by atoms with van der Waals surface area (Å²) < 4.78 is 46.0. The van der Waals surface area contributed by atoms with Crippen LogP contribution in [0.15, 0.2) is 78.9 Å². The van der Waals surface area contributed by atoms with Gasteiger partial charge in [0, 0.05) is 12.6 Å². The Labute approximate surface area is 241 Å². The van der Waals surface area contributed by atoms with Crippen LogP contribution in [0.1, 0.15) is 43.7 Å². The summed E-state index contributed by atoms with van der Waals surface area (Å²) in [5, 5.41) is 3.02. The monoisotopic (exact) mass is 581 g/mol. The highest BCUT2D eigenvalue weighted by Crippen LogP contribution is 2.24. The van der Waals surface area contributed by atoms with Crippen LogP contribution in [0.25, 0.3) is 0 Å². The molecule has 1 aliphatic rings. The van der Waals surface area contributed by atoms with Crippen molar-refractivity contribution >= 4 is 27.5 Å². The molecule has 1 N–H and O–H groups in total. The summed E-state index contributed by atoms with van der Waals surface area (Å²) in [5.74, 6) is -0.734. The van der Waals surface area contributed by atoms with Crippen molar-refractivity contribution in [1.29, 1.82) is 0 Å². The molecule has 3 aromatic rings. The molecule has 8 nitrogen and oxygen atoms in total. The van der Waals surface area contributed by atoms with Crippen molar-refractivity contribution < 1.29 is 27.1 Å². The number of nitrogens with one attached hydrogen (secondary N) is 1. The third kappa shape index (κ3) is 8.53. The summed E-state index contributed by atoms with van der Waals surface area (Å²) in [4.78, 5) is 28.2. The van der Waals surface area contributed by atoms with E-state index >= 15 is 0 Å². The van der Waals surface area contributed by atoms with Gasteiger partial charge in [-0.05, 0) is 67.3 Å². The molecule has 10 heteroatoms. The minimum absolute atomic E-state index is 0.0161. The molecule has 0 radical (unpaired) electrons. The number of halogens is 1. The molecule has 41 heavy (non-hydrogen) atoms. The number of anilines is 1. The van der Waals surface area contributed by atoms with Crippen molar-refractivity contribution in [2.45, 2.75) is 57.8 Å². The highest BCUT2D eigenvalue weighted by Gasteiger charge is 2.31. The topological polar surface area (TPSA) is 96.0 Å². The van der Waals surface area contributed by atoms with Crippen molar-refractivity contribution in [2.24, 2.45) is 0 Å². The fraction of sp³-hybridized carbons (Fsp3) is 0.355. The van der Waals surface area contributed by atoms with Crippen molar-refractivity contribution in [3.8, 4) is 5.75 Å². The summed E-state index contributed by atoms with van der Waals surface area (Å²) >= 11 is 0. The Balaban J connectivity index is 1.51. The lowest BCUT2D eigenvalue weighted by Gasteiger charge is -2.32. The highest BCUT2D eigenvalue weighted by atomic mass is 32.2. The number of carbonyl (C=O) groups is 2. The molecule has 1 saturated carbocycles. The first kappa shape index (κ1) is 30.0. The van der Waals surface area contributed by atoms with Crippen LogP contribution in [0, 0.1) is 5.82 Å². The van der Waals surface area contributed by atoms with E-state index in [4.69, 9.17) is 4.74 Å². The molecule has 1 atom stereocenters. The van der Waals surface area contributed by atoms with Crippen LogP contribution in [0.3, 0.4) is 0 Å². The molecule has 0 heterocycles. The number of hydrogen-bond donors (Lipinski definition) is 1. The predicted octanol–water partition coefficient (Wildman–Crippen LogP) is 4.65. The van der Waals surface area contributed by atoms with Gasteiger partial charge in [-0.2, -0.15) is 0 Å². The second-order valence-corrected chi connectivity index (χ2v) is 12.3. The van der Waals surface area contributed by atoms with Gasteiger partial charge in [0.2, 0.25) is 21.8 Å². The molecule has 2 amide bonds. The zero-order valence-electron chi connectivity index (χ0n) is 23.3. The van der Waals surface area contributed by atoms with Crippen LogP contribution < -0.4 is 14.4 Å². The fourth-order valence-electron chi connectivity index (χ4n) is 4.82. The Morgan fingerprint density at radius 2 is 1.59 bits per heavy atom. The fourth-order valence-corrected chi connectivity index (χ4v) is 5.67. The van der Waals surface area contributed by atoms with E-state index in [1.807, 2.05) is 30.3 Å². The van der Waals surface area contributed by atoms with E-state index in [1.54, 1.807) is 43.3 Å². The molecule has 0 bridgehead atoms. The first-order valence-electron chi connectivity index (χ1n) is 13.7. The van der Waals surface area contributed by atoms with E-state index in [2.05, 4.69) is 5.32 Å². The minimum atomic E-state index is -3.86. The predicted molar refractivity (Wildman–Crippen MR) is 156 cm³/mol. The van der Waals surface area contributed by atoms with Gasteiger partial charge in [0.1, 0.15) is 30.8 Å². The van der Waals surface area contributed by atoms with Crippen molar-refractivity contribution in [1.82, 2.24) is 10.2 Å². The van der Waals surface area contributed by atoms with Gasteiger partial charge in [-0.25, -0.2) is 12.8 Å². The van der Waals surface area contributed by atoms with Gasteiger partial charge in [0.05, 0.1) is 11.9 Å². The maximum Gasteiger partial charge on any atom is 0.244 e. The number of rotatable bonds is 12. The van der Waals surface area contributed by atoms with Crippen LogP contribution in [0.5, 0.6) is 5.75 Å². The Bertz CT molecular complexity index is 1410. The molecule has 0 saturated heterocycles. The Hall–Kier alpha value is -3.92. The Kier molecular flexibility index (Phi) is 9.99. The van der Waals surface area contributed by atoms with E-state index in [1.165, 1.54) is 17.0 Å². The molecule has 3 aromatic carbocycles. The van der Waals surface area contributed by atoms with Crippen LogP contribution in [-0.2, 0) is 32.8 Å². The summed E-state index contributed by atoms with van der Waals surface area (Å²) in [6, 6.07) is 20.9. The molecular weight excluding hydrogens is 545 g/mol. The number of sulfonamides is 1. The molecule has 0 spiro atoms. The number of benzene rings is 3. The first-order valence-corrected chi connectivity index (χ1v) is 15.5. The van der Waals surface area contributed by atoms with Gasteiger partial charge in [-0.1, -0.05) is 55.3 Å². The lowest BCUT2D eigenvalue weighted by atomic mass is 10.1. The molecule has 4 rings (SSSR count). The van der Waals surface area contributed by atoms with Crippen LogP contribution >= 0.6 is 0 Å². The molecule has 0 aliphatic heterocycles. The van der Waals surface area contributed by atoms with Crippen molar-refractivity contribution in [3.05, 3.63) is 95.8 Å². The van der Waals surface area contributed by atoms with Gasteiger partial charge >= 0.3 is 0 Å². The van der Waals surface area contributed by atoms with Gasteiger partial charge in [-0.15, -0.1) is 0 Å². The number of amides is 2. The zero-order chi connectivity index (χ0) is 29.4. The average Bonchev–Trinajstić information content (AvgIpc) is 3.47. The van der Waals surface area contributed by atoms with Gasteiger partial charge in [0.25, 0.3) is 0 Å². The van der Waals surface area contributed by atoms with E-state index in [0.717, 1.165) is 41.8 Å². The van der Waals surface area contributed by atoms with Crippen LogP contribution in [-0.4, -0.2) is 50.0 Å². The summed E-state index contributed by atoms with van der Waals surface area (Å²) in [7, 11) is -3.86. The average molecular weight is 582 g/mol. The van der Waals surface area contributed by atoms with Gasteiger partial charge in [0.15, 0.2) is 0 Å². The maximum absolute atomic E-state index is 13.7. The molecule has 0 unspecified atom stereocenters. The molecule has 218 valence electrons. The summed E-state index contributed by atoms with van der Waals surface area (Å²) in [6.07, 6.45) is 4.88. The van der Waals surface area contributed by atoms with Gasteiger partial charge < -0.3 is 15.0 Å². The first-order chi connectivity index (χ1) is 19.6. The van der Waals surface area contributed by atoms with Gasteiger partial charge in [-0.3, -0.25) is 13.9 Å². The van der Waals surface area contributed by atoms with Crippen LogP contribution in [0.2, 0.25) is 0 Å². The normalized spacial score (nSPS) is 14.3. The van der Waals surface area contributed by atoms with Crippen LogP contribution in [0.4, 0.5) is 10.1 Å². The highest BCUT2D eigenvalue weighted by molar-refractivity contribution is 7.92. The second kappa shape index (κ2) is 13.6. The second-order valence-electron chi connectivity index (χ2n) is 10.4.